The SMILES string of the molecule is CNC(=O)c1ccc(C(C)(C)CCCC(=O)CCc2ccc(NC(=O)OC(C)(C)C)nc2)nc1Nc1ccccc1. The third-order valence-electron chi connectivity index (χ3n) is 6.50. The lowest BCUT2D eigenvalue weighted by Gasteiger charge is -2.25. The number of carbonyl (C=O) groups is 3. The van der Waals surface area contributed by atoms with E-state index in [0.29, 0.717) is 36.5 Å². The number of carbonyl (C=O) groups excluding carboxylic acids is 3. The number of para-hydroxylation sites is 1. The summed E-state index contributed by atoms with van der Waals surface area (Å²) in [6.45, 7) is 9.59. The molecule has 1 aromatic carbocycles. The zero-order valence-electron chi connectivity index (χ0n) is 24.8. The molecule has 9 nitrogen and oxygen atoms in total. The third-order valence-corrected chi connectivity index (χ3v) is 6.50. The number of rotatable bonds is 12. The largest absolute Gasteiger partial charge is 0.444 e. The van der Waals surface area contributed by atoms with Crippen molar-refractivity contribution in [3.05, 3.63) is 77.6 Å². The summed E-state index contributed by atoms with van der Waals surface area (Å²) in [5, 5.41) is 8.55. The Bertz CT molecular complexity index is 1330. The highest BCUT2D eigenvalue weighted by Gasteiger charge is 2.25. The van der Waals surface area contributed by atoms with Crippen LogP contribution in [0.1, 0.15) is 81.9 Å². The Morgan fingerprint density at radius 2 is 1.63 bits per heavy atom. The number of benzene rings is 1. The quantitative estimate of drug-likeness (QED) is 0.229. The van der Waals surface area contributed by atoms with Crippen LogP contribution in [0.5, 0.6) is 0 Å². The van der Waals surface area contributed by atoms with Crippen LogP contribution in [0.4, 0.5) is 22.1 Å². The van der Waals surface area contributed by atoms with Gasteiger partial charge in [-0.25, -0.2) is 14.8 Å². The molecule has 3 N–H and O–H groups in total. The number of amides is 2. The molecule has 2 heterocycles. The number of nitrogens with zero attached hydrogens (tertiary/aromatic N) is 2. The molecule has 0 spiro atoms. The summed E-state index contributed by atoms with van der Waals surface area (Å²) < 4.78 is 5.23. The highest BCUT2D eigenvalue weighted by Crippen LogP contribution is 2.31. The van der Waals surface area contributed by atoms with E-state index in [1.54, 1.807) is 46.1 Å². The number of aromatic nitrogens is 2. The topological polar surface area (TPSA) is 122 Å². The van der Waals surface area contributed by atoms with Gasteiger partial charge in [-0.2, -0.15) is 0 Å². The first-order valence-corrected chi connectivity index (χ1v) is 13.9. The van der Waals surface area contributed by atoms with Gasteiger partial charge in [0.2, 0.25) is 0 Å². The Kier molecular flexibility index (Phi) is 10.6. The smallest absolute Gasteiger partial charge is 0.413 e. The van der Waals surface area contributed by atoms with Gasteiger partial charge in [-0.15, -0.1) is 0 Å². The number of aryl methyl sites for hydroxylation is 1. The van der Waals surface area contributed by atoms with Crippen molar-refractivity contribution in [2.45, 2.75) is 77.7 Å². The van der Waals surface area contributed by atoms with E-state index in [9.17, 15) is 14.4 Å². The summed E-state index contributed by atoms with van der Waals surface area (Å²) >= 11 is 0. The molecule has 0 unspecified atom stereocenters. The van der Waals surface area contributed by atoms with E-state index in [-0.39, 0.29) is 17.1 Å². The summed E-state index contributed by atoms with van der Waals surface area (Å²) in [7, 11) is 1.60. The zero-order valence-corrected chi connectivity index (χ0v) is 24.8. The van der Waals surface area contributed by atoms with Gasteiger partial charge in [0, 0.05) is 42.9 Å². The molecule has 0 saturated carbocycles. The maximum atomic E-state index is 12.6. The van der Waals surface area contributed by atoms with Crippen molar-refractivity contribution in [3.63, 3.8) is 0 Å². The number of ether oxygens (including phenoxy) is 1. The lowest BCUT2D eigenvalue weighted by atomic mass is 9.82. The number of nitrogens with one attached hydrogen (secondary N) is 3. The van der Waals surface area contributed by atoms with Gasteiger partial charge in [0.25, 0.3) is 5.91 Å². The lowest BCUT2D eigenvalue weighted by molar-refractivity contribution is -0.119. The number of pyridine rings is 2. The Labute approximate surface area is 242 Å². The molecule has 2 aromatic heterocycles. The van der Waals surface area contributed by atoms with E-state index in [1.807, 2.05) is 42.5 Å². The second-order valence-electron chi connectivity index (χ2n) is 11.6. The molecule has 2 amide bonds. The number of hydrogen-bond acceptors (Lipinski definition) is 7. The van der Waals surface area contributed by atoms with Crippen LogP contribution in [-0.4, -0.2) is 40.4 Å². The molecular formula is C32H41N5O4. The van der Waals surface area contributed by atoms with Gasteiger partial charge < -0.3 is 15.4 Å². The third kappa shape index (κ3) is 10.0. The predicted octanol–water partition coefficient (Wildman–Crippen LogP) is 6.58. The maximum absolute atomic E-state index is 12.6. The molecule has 3 aromatic rings. The molecule has 0 saturated heterocycles. The van der Waals surface area contributed by atoms with Gasteiger partial charge >= 0.3 is 6.09 Å². The minimum absolute atomic E-state index is 0.186. The summed E-state index contributed by atoms with van der Waals surface area (Å²) in [4.78, 5) is 46.0. The summed E-state index contributed by atoms with van der Waals surface area (Å²) in [6.07, 6.45) is 4.08. The van der Waals surface area contributed by atoms with Gasteiger partial charge in [0.1, 0.15) is 23.0 Å². The van der Waals surface area contributed by atoms with E-state index in [4.69, 9.17) is 9.72 Å². The van der Waals surface area contributed by atoms with Crippen molar-refractivity contribution in [1.29, 1.82) is 0 Å². The standard InChI is InChI=1S/C32H41N5O4/c1-31(2,3)41-30(40)37-27-19-15-22(21-34-27)14-16-24(38)13-10-20-32(4,5)26-18-17-25(29(39)33-6)28(36-26)35-23-11-8-7-9-12-23/h7-9,11-12,15,17-19,21H,10,13-14,16,20H2,1-6H3,(H,33,39)(H,35,36)(H,34,37,40). The summed E-state index contributed by atoms with van der Waals surface area (Å²) in [6, 6.07) is 16.8. The van der Waals surface area contributed by atoms with Crippen LogP contribution < -0.4 is 16.0 Å². The molecule has 0 radical (unpaired) electrons. The first-order chi connectivity index (χ1) is 19.4. The average Bonchev–Trinajstić information content (AvgIpc) is 2.91. The Morgan fingerprint density at radius 3 is 2.27 bits per heavy atom. The van der Waals surface area contributed by atoms with Crippen molar-refractivity contribution >= 4 is 35.1 Å². The molecule has 3 rings (SSSR count). The number of hydrogen-bond donors (Lipinski definition) is 3. The Morgan fingerprint density at radius 1 is 0.902 bits per heavy atom. The highest BCUT2D eigenvalue weighted by atomic mass is 16.6. The van der Waals surface area contributed by atoms with E-state index >= 15 is 0 Å². The van der Waals surface area contributed by atoms with Crippen molar-refractivity contribution < 1.29 is 19.1 Å². The molecule has 0 aliphatic rings. The zero-order chi connectivity index (χ0) is 30.0. The fourth-order valence-corrected chi connectivity index (χ4v) is 4.23. The number of anilines is 3. The van der Waals surface area contributed by atoms with Gasteiger partial charge in [-0.1, -0.05) is 38.1 Å². The highest BCUT2D eigenvalue weighted by molar-refractivity contribution is 5.99. The minimum Gasteiger partial charge on any atom is -0.444 e. The molecule has 0 fully saturated rings. The minimum atomic E-state index is -0.587. The summed E-state index contributed by atoms with van der Waals surface area (Å²) in [5.41, 5.74) is 2.20. The van der Waals surface area contributed by atoms with Crippen LogP contribution in [-0.2, 0) is 21.4 Å². The van der Waals surface area contributed by atoms with Crippen LogP contribution in [0.25, 0.3) is 0 Å². The van der Waals surface area contributed by atoms with E-state index in [2.05, 4.69) is 34.8 Å². The monoisotopic (exact) mass is 559 g/mol. The normalized spacial score (nSPS) is 11.5. The second-order valence-corrected chi connectivity index (χ2v) is 11.6. The van der Waals surface area contributed by atoms with Crippen LogP contribution in [0, 0.1) is 0 Å². The van der Waals surface area contributed by atoms with Crippen molar-refractivity contribution in [3.8, 4) is 0 Å². The Hall–Kier alpha value is -4.27. The van der Waals surface area contributed by atoms with Crippen LogP contribution in [0.2, 0.25) is 0 Å². The van der Waals surface area contributed by atoms with Gasteiger partial charge in [0.15, 0.2) is 0 Å². The molecule has 218 valence electrons. The van der Waals surface area contributed by atoms with E-state index in [1.165, 1.54) is 0 Å². The lowest BCUT2D eigenvalue weighted by Crippen LogP contribution is -2.27. The van der Waals surface area contributed by atoms with Gasteiger partial charge in [-0.05, 0) is 75.9 Å². The van der Waals surface area contributed by atoms with E-state index in [0.717, 1.165) is 29.8 Å². The average molecular weight is 560 g/mol. The first-order valence-electron chi connectivity index (χ1n) is 13.9. The van der Waals surface area contributed by atoms with Crippen molar-refractivity contribution in [1.82, 2.24) is 15.3 Å². The van der Waals surface area contributed by atoms with Crippen LogP contribution in [0.15, 0.2) is 60.8 Å². The molecule has 9 heteroatoms. The molecular weight excluding hydrogens is 518 g/mol. The fraction of sp³-hybridized carbons (Fsp3) is 0.406. The first kappa shape index (κ1) is 31.3. The summed E-state index contributed by atoms with van der Waals surface area (Å²) in [5.74, 6) is 0.870. The van der Waals surface area contributed by atoms with Gasteiger partial charge in [-0.3, -0.25) is 14.9 Å². The Balaban J connectivity index is 1.52. The van der Waals surface area contributed by atoms with Crippen LogP contribution >= 0.6 is 0 Å². The molecule has 0 aliphatic heterocycles. The fourth-order valence-electron chi connectivity index (χ4n) is 4.23. The molecule has 0 bridgehead atoms. The maximum Gasteiger partial charge on any atom is 0.413 e. The van der Waals surface area contributed by atoms with Gasteiger partial charge in [0.05, 0.1) is 5.56 Å². The van der Waals surface area contributed by atoms with Crippen LogP contribution in [0.3, 0.4) is 0 Å². The van der Waals surface area contributed by atoms with E-state index < -0.39 is 11.7 Å². The number of Topliss-reactive ketones (excluding diaryl/α,β-unsaturated/α-hetero) is 1. The molecule has 0 atom stereocenters. The molecule has 0 aliphatic carbocycles. The number of ketones is 1. The second kappa shape index (κ2) is 13.9. The predicted molar refractivity (Wildman–Crippen MR) is 162 cm³/mol. The van der Waals surface area contributed by atoms with Crippen molar-refractivity contribution in [2.24, 2.45) is 0 Å². The molecule has 41 heavy (non-hydrogen) atoms. The van der Waals surface area contributed by atoms with Crippen molar-refractivity contribution in [2.75, 3.05) is 17.7 Å².